The molecule has 0 aromatic carbocycles. The van der Waals surface area contributed by atoms with Crippen LogP contribution in [0.3, 0.4) is 0 Å². The molecule has 0 atom stereocenters. The summed E-state index contributed by atoms with van der Waals surface area (Å²) in [6.07, 6.45) is 9.31. The number of piperidine rings is 1. The minimum absolute atomic E-state index is 0.133. The van der Waals surface area contributed by atoms with Gasteiger partial charge in [-0.3, -0.25) is 19.7 Å². The van der Waals surface area contributed by atoms with Gasteiger partial charge in [-0.15, -0.1) is 0 Å². The van der Waals surface area contributed by atoms with Crippen LogP contribution in [0, 0.1) is 6.92 Å². The van der Waals surface area contributed by atoms with Crippen LogP contribution in [-0.2, 0) is 0 Å². The fourth-order valence-corrected chi connectivity index (χ4v) is 4.26. The molecular formula is C21H27N5O. The number of anilines is 1. The molecule has 27 heavy (non-hydrogen) atoms. The molecule has 0 N–H and O–H groups in total. The van der Waals surface area contributed by atoms with Crippen LogP contribution in [0.1, 0.15) is 28.8 Å². The van der Waals surface area contributed by atoms with Crippen LogP contribution in [0.4, 0.5) is 5.69 Å². The number of hydrogen-bond donors (Lipinski definition) is 0. The maximum Gasteiger partial charge on any atom is 0.253 e. The molecule has 4 heterocycles. The van der Waals surface area contributed by atoms with Gasteiger partial charge in [0.1, 0.15) is 0 Å². The lowest BCUT2D eigenvalue weighted by Crippen LogP contribution is -2.54. The van der Waals surface area contributed by atoms with Gasteiger partial charge in [0.15, 0.2) is 0 Å². The zero-order valence-corrected chi connectivity index (χ0v) is 15.9. The number of amides is 1. The Morgan fingerprint density at radius 1 is 0.926 bits per heavy atom. The number of rotatable bonds is 3. The normalized spacial score (nSPS) is 19.3. The van der Waals surface area contributed by atoms with E-state index in [2.05, 4.69) is 32.8 Å². The number of likely N-dealkylation sites (tertiary alicyclic amines) is 1. The Labute approximate surface area is 160 Å². The summed E-state index contributed by atoms with van der Waals surface area (Å²) < 4.78 is 0. The zero-order valence-electron chi connectivity index (χ0n) is 15.9. The van der Waals surface area contributed by atoms with Crippen molar-refractivity contribution in [3.63, 3.8) is 0 Å². The molecule has 0 unspecified atom stereocenters. The van der Waals surface area contributed by atoms with Gasteiger partial charge in [0.25, 0.3) is 5.91 Å². The molecule has 4 rings (SSSR count). The van der Waals surface area contributed by atoms with Gasteiger partial charge < -0.3 is 9.80 Å². The number of nitrogens with zero attached hydrogens (tertiary/aromatic N) is 5. The molecule has 0 saturated carbocycles. The number of pyridine rings is 2. The van der Waals surface area contributed by atoms with Gasteiger partial charge in [-0.2, -0.15) is 0 Å². The van der Waals surface area contributed by atoms with Crippen LogP contribution in [0.2, 0.25) is 0 Å². The van der Waals surface area contributed by atoms with Gasteiger partial charge in [-0.1, -0.05) is 0 Å². The summed E-state index contributed by atoms with van der Waals surface area (Å²) in [7, 11) is 0. The molecule has 2 aromatic rings. The molecule has 2 aromatic heterocycles. The Morgan fingerprint density at radius 3 is 2.26 bits per heavy atom. The summed E-state index contributed by atoms with van der Waals surface area (Å²) in [4.78, 5) is 27.8. The Hall–Kier alpha value is -2.47. The molecule has 1 amide bonds. The first-order valence-corrected chi connectivity index (χ1v) is 9.81. The van der Waals surface area contributed by atoms with E-state index in [1.165, 1.54) is 11.3 Å². The summed E-state index contributed by atoms with van der Waals surface area (Å²) in [5.74, 6) is 0.133. The second-order valence-corrected chi connectivity index (χ2v) is 7.44. The quantitative estimate of drug-likeness (QED) is 0.835. The Bertz CT molecular complexity index is 765. The topological polar surface area (TPSA) is 52.6 Å². The highest BCUT2D eigenvalue weighted by atomic mass is 16.2. The fourth-order valence-electron chi connectivity index (χ4n) is 4.26. The largest absolute Gasteiger partial charge is 0.369 e. The van der Waals surface area contributed by atoms with E-state index in [-0.39, 0.29) is 5.91 Å². The van der Waals surface area contributed by atoms with Gasteiger partial charge >= 0.3 is 0 Å². The minimum atomic E-state index is 0.133. The second-order valence-electron chi connectivity index (χ2n) is 7.44. The summed E-state index contributed by atoms with van der Waals surface area (Å²) in [5, 5.41) is 0. The third-order valence-corrected chi connectivity index (χ3v) is 5.84. The first-order chi connectivity index (χ1) is 13.2. The van der Waals surface area contributed by atoms with Crippen LogP contribution < -0.4 is 4.90 Å². The number of carbonyl (C=O) groups excluding carboxylic acids is 1. The van der Waals surface area contributed by atoms with Crippen molar-refractivity contribution in [1.82, 2.24) is 19.8 Å². The maximum atomic E-state index is 12.6. The molecule has 0 aliphatic carbocycles. The molecule has 0 spiro atoms. The van der Waals surface area contributed by atoms with Crippen molar-refractivity contribution in [2.24, 2.45) is 0 Å². The number of carbonyl (C=O) groups is 1. The van der Waals surface area contributed by atoms with Crippen LogP contribution in [-0.4, -0.2) is 71.0 Å². The lowest BCUT2D eigenvalue weighted by atomic mass is 10.0. The molecule has 0 radical (unpaired) electrons. The minimum Gasteiger partial charge on any atom is -0.369 e. The van der Waals surface area contributed by atoms with E-state index < -0.39 is 0 Å². The molecule has 0 bridgehead atoms. The average molecular weight is 365 g/mol. The highest BCUT2D eigenvalue weighted by Crippen LogP contribution is 2.23. The van der Waals surface area contributed by atoms with Crippen molar-refractivity contribution in [3.8, 4) is 0 Å². The summed E-state index contributed by atoms with van der Waals surface area (Å²) in [6.45, 7) is 8.10. The summed E-state index contributed by atoms with van der Waals surface area (Å²) >= 11 is 0. The Morgan fingerprint density at radius 2 is 1.59 bits per heavy atom. The van der Waals surface area contributed by atoms with E-state index in [0.29, 0.717) is 6.04 Å². The second kappa shape index (κ2) is 8.05. The van der Waals surface area contributed by atoms with Crippen LogP contribution in [0.5, 0.6) is 0 Å². The van der Waals surface area contributed by atoms with Crippen LogP contribution >= 0.6 is 0 Å². The molecule has 2 aliphatic heterocycles. The lowest BCUT2D eigenvalue weighted by molar-refractivity contribution is 0.0611. The van der Waals surface area contributed by atoms with Gasteiger partial charge in [0, 0.05) is 81.3 Å². The van der Waals surface area contributed by atoms with Gasteiger partial charge in [-0.05, 0) is 43.5 Å². The van der Waals surface area contributed by atoms with E-state index in [0.717, 1.165) is 57.7 Å². The maximum absolute atomic E-state index is 12.6. The molecular weight excluding hydrogens is 338 g/mol. The SMILES string of the molecule is Cc1cnccc1N1CCN(C2CCN(C(=O)c3ccncc3)CC2)CC1. The molecule has 2 fully saturated rings. The van der Waals surface area contributed by atoms with Crippen molar-refractivity contribution in [1.29, 1.82) is 0 Å². The van der Waals surface area contributed by atoms with Crippen molar-refractivity contribution in [2.75, 3.05) is 44.2 Å². The molecule has 2 aliphatic rings. The number of piperazine rings is 1. The van der Waals surface area contributed by atoms with Gasteiger partial charge in [0.2, 0.25) is 0 Å². The van der Waals surface area contributed by atoms with Gasteiger partial charge in [0.05, 0.1) is 0 Å². The Kier molecular flexibility index (Phi) is 5.34. The summed E-state index contributed by atoms with van der Waals surface area (Å²) in [6, 6.07) is 6.31. The van der Waals surface area contributed by atoms with Crippen molar-refractivity contribution < 1.29 is 4.79 Å². The Balaban J connectivity index is 1.29. The van der Waals surface area contributed by atoms with E-state index in [1.54, 1.807) is 24.5 Å². The standard InChI is InChI=1S/C21H27N5O/c1-17-16-23-9-4-20(17)25-14-12-24(13-15-25)19-5-10-26(11-6-19)21(27)18-2-7-22-8-3-18/h2-4,7-9,16,19H,5-6,10-15H2,1H3. The highest BCUT2D eigenvalue weighted by molar-refractivity contribution is 5.94. The lowest BCUT2D eigenvalue weighted by Gasteiger charge is -2.43. The molecule has 6 heteroatoms. The highest BCUT2D eigenvalue weighted by Gasteiger charge is 2.29. The summed E-state index contributed by atoms with van der Waals surface area (Å²) in [5.41, 5.74) is 3.29. The van der Waals surface area contributed by atoms with E-state index in [9.17, 15) is 4.79 Å². The monoisotopic (exact) mass is 365 g/mol. The molecule has 142 valence electrons. The fraction of sp³-hybridized carbons (Fsp3) is 0.476. The van der Waals surface area contributed by atoms with E-state index in [4.69, 9.17) is 0 Å². The van der Waals surface area contributed by atoms with Gasteiger partial charge in [-0.25, -0.2) is 0 Å². The van der Waals surface area contributed by atoms with Crippen molar-refractivity contribution in [2.45, 2.75) is 25.8 Å². The first kappa shape index (κ1) is 17.9. The smallest absolute Gasteiger partial charge is 0.253 e. The zero-order chi connectivity index (χ0) is 18.6. The third kappa shape index (κ3) is 3.95. The molecule has 6 nitrogen and oxygen atoms in total. The predicted molar refractivity (Wildman–Crippen MR) is 106 cm³/mol. The number of hydrogen-bond acceptors (Lipinski definition) is 5. The third-order valence-electron chi connectivity index (χ3n) is 5.84. The van der Waals surface area contributed by atoms with Crippen molar-refractivity contribution >= 4 is 11.6 Å². The van der Waals surface area contributed by atoms with E-state index in [1.807, 2.05) is 17.3 Å². The van der Waals surface area contributed by atoms with Crippen molar-refractivity contribution in [3.05, 3.63) is 54.1 Å². The number of aryl methyl sites for hydroxylation is 1. The average Bonchev–Trinajstić information content (AvgIpc) is 2.74. The van der Waals surface area contributed by atoms with Crippen LogP contribution in [0.25, 0.3) is 0 Å². The first-order valence-electron chi connectivity index (χ1n) is 9.81. The predicted octanol–water partition coefficient (Wildman–Crippen LogP) is 2.21. The van der Waals surface area contributed by atoms with E-state index >= 15 is 0 Å². The number of aromatic nitrogens is 2. The molecule has 2 saturated heterocycles. The van der Waals surface area contributed by atoms with Crippen LogP contribution in [0.15, 0.2) is 43.0 Å².